The summed E-state index contributed by atoms with van der Waals surface area (Å²) < 4.78 is 14.7. The third-order valence-electron chi connectivity index (χ3n) is 4.14. The number of hydrogen-bond acceptors (Lipinski definition) is 4. The van der Waals surface area contributed by atoms with E-state index in [0.29, 0.717) is 11.6 Å². The highest BCUT2D eigenvalue weighted by molar-refractivity contribution is 9.10. The van der Waals surface area contributed by atoms with Crippen molar-refractivity contribution in [2.45, 2.75) is 0 Å². The Morgan fingerprint density at radius 3 is 2.27 bits per heavy atom. The second-order valence-electron chi connectivity index (χ2n) is 6.28. The first-order chi connectivity index (χ1) is 14.6. The van der Waals surface area contributed by atoms with E-state index in [4.69, 9.17) is 12.2 Å². The zero-order valence-electron chi connectivity index (χ0n) is 15.5. The number of nitrogens with zero attached hydrogens (tertiary/aromatic N) is 3. The Bertz CT molecular complexity index is 1200. The Balaban J connectivity index is 1.69. The van der Waals surface area contributed by atoms with E-state index in [1.54, 1.807) is 30.6 Å². The predicted molar refractivity (Wildman–Crippen MR) is 125 cm³/mol. The molecule has 0 fully saturated rings. The number of rotatable bonds is 4. The molecule has 0 aliphatic rings. The molecule has 0 amide bonds. The molecular weight excluding hydrogens is 465 g/mol. The van der Waals surface area contributed by atoms with E-state index >= 15 is 0 Å². The quantitative estimate of drug-likeness (QED) is 0.354. The van der Waals surface area contributed by atoms with E-state index in [9.17, 15) is 4.39 Å². The second kappa shape index (κ2) is 9.06. The van der Waals surface area contributed by atoms with Crippen LogP contribution in [0.1, 0.15) is 0 Å². The van der Waals surface area contributed by atoms with Gasteiger partial charge in [-0.2, -0.15) is 0 Å². The summed E-state index contributed by atoms with van der Waals surface area (Å²) >= 11 is 8.77. The Morgan fingerprint density at radius 2 is 1.53 bits per heavy atom. The van der Waals surface area contributed by atoms with Gasteiger partial charge in [-0.1, -0.05) is 42.5 Å². The summed E-state index contributed by atoms with van der Waals surface area (Å²) in [5.74, 6) is -0.110. The summed E-state index contributed by atoms with van der Waals surface area (Å²) in [6.07, 6.45) is 3.43. The number of benzene rings is 2. The van der Waals surface area contributed by atoms with Crippen LogP contribution in [0.5, 0.6) is 0 Å². The first kappa shape index (κ1) is 20.1. The van der Waals surface area contributed by atoms with Gasteiger partial charge in [-0.25, -0.2) is 14.4 Å². The molecule has 8 heteroatoms. The lowest BCUT2D eigenvalue weighted by Crippen LogP contribution is -2.21. The Hall–Kier alpha value is -3.23. The molecule has 0 saturated carbocycles. The van der Waals surface area contributed by atoms with Crippen LogP contribution in [0.25, 0.3) is 22.5 Å². The van der Waals surface area contributed by atoms with Crippen LogP contribution in [-0.4, -0.2) is 20.1 Å². The second-order valence-corrected chi connectivity index (χ2v) is 7.60. The minimum atomic E-state index is -0.401. The van der Waals surface area contributed by atoms with Gasteiger partial charge < -0.3 is 10.6 Å². The van der Waals surface area contributed by atoms with Crippen LogP contribution in [0.2, 0.25) is 0 Å². The summed E-state index contributed by atoms with van der Waals surface area (Å²) in [7, 11) is 0. The molecule has 148 valence electrons. The van der Waals surface area contributed by atoms with Crippen molar-refractivity contribution in [3.8, 4) is 22.5 Å². The fraction of sp³-hybridized carbons (Fsp3) is 0. The van der Waals surface area contributed by atoms with Crippen molar-refractivity contribution in [1.29, 1.82) is 0 Å². The number of halogens is 2. The molecule has 0 aliphatic carbocycles. The summed E-state index contributed by atoms with van der Waals surface area (Å²) in [6.45, 7) is 0. The number of aromatic nitrogens is 3. The zero-order chi connectivity index (χ0) is 20.9. The number of hydrogen-bond donors (Lipinski definition) is 2. The first-order valence-electron chi connectivity index (χ1n) is 8.96. The smallest absolute Gasteiger partial charge is 0.230 e. The van der Waals surface area contributed by atoms with E-state index in [2.05, 4.69) is 41.5 Å². The average molecular weight is 480 g/mol. The van der Waals surface area contributed by atoms with Gasteiger partial charge in [-0.05, 0) is 52.4 Å². The fourth-order valence-corrected chi connectivity index (χ4v) is 3.34. The summed E-state index contributed by atoms with van der Waals surface area (Å²) in [6, 6.07) is 19.8. The molecule has 0 atom stereocenters. The lowest BCUT2D eigenvalue weighted by atomic mass is 10.1. The van der Waals surface area contributed by atoms with E-state index in [-0.39, 0.29) is 10.8 Å². The van der Waals surface area contributed by atoms with Gasteiger partial charge in [0.15, 0.2) is 5.11 Å². The monoisotopic (exact) mass is 479 g/mol. The van der Waals surface area contributed by atoms with Crippen molar-refractivity contribution in [2.75, 3.05) is 10.6 Å². The van der Waals surface area contributed by atoms with Gasteiger partial charge >= 0.3 is 0 Å². The Kier molecular flexibility index (Phi) is 6.06. The minimum Gasteiger partial charge on any atom is -0.330 e. The number of nitrogens with one attached hydrogen (secondary N) is 2. The third-order valence-corrected chi connectivity index (χ3v) is 4.78. The van der Waals surface area contributed by atoms with Gasteiger partial charge in [0.25, 0.3) is 0 Å². The van der Waals surface area contributed by atoms with Crippen molar-refractivity contribution in [2.24, 2.45) is 0 Å². The van der Waals surface area contributed by atoms with E-state index in [1.165, 1.54) is 6.07 Å². The molecule has 0 aliphatic heterocycles. The number of para-hydroxylation sites is 1. The largest absolute Gasteiger partial charge is 0.330 e. The van der Waals surface area contributed by atoms with Crippen molar-refractivity contribution in [3.05, 3.63) is 89.4 Å². The Morgan fingerprint density at radius 1 is 0.833 bits per heavy atom. The molecule has 5 nitrogen and oxygen atoms in total. The number of thiocarbonyl (C=S) groups is 1. The van der Waals surface area contributed by atoms with Crippen LogP contribution in [-0.2, 0) is 0 Å². The van der Waals surface area contributed by atoms with Crippen LogP contribution in [0.4, 0.5) is 16.0 Å². The van der Waals surface area contributed by atoms with Crippen molar-refractivity contribution in [3.63, 3.8) is 0 Å². The van der Waals surface area contributed by atoms with Crippen molar-refractivity contribution >= 4 is 44.9 Å². The zero-order valence-corrected chi connectivity index (χ0v) is 17.9. The number of anilines is 2. The lowest BCUT2D eigenvalue weighted by Gasteiger charge is -2.12. The van der Waals surface area contributed by atoms with E-state index in [1.807, 2.05) is 42.5 Å². The van der Waals surface area contributed by atoms with Gasteiger partial charge in [-0.3, -0.25) is 4.98 Å². The third kappa shape index (κ3) is 4.84. The summed E-state index contributed by atoms with van der Waals surface area (Å²) in [5, 5.41) is 5.97. The van der Waals surface area contributed by atoms with Gasteiger partial charge in [0.1, 0.15) is 5.82 Å². The van der Waals surface area contributed by atoms with Crippen LogP contribution < -0.4 is 10.6 Å². The Labute approximate surface area is 186 Å². The summed E-state index contributed by atoms with van der Waals surface area (Å²) in [5.41, 5.74) is 3.41. The molecule has 4 rings (SSSR count). The van der Waals surface area contributed by atoms with Crippen LogP contribution in [0.3, 0.4) is 0 Å². The molecule has 2 N–H and O–H groups in total. The SMILES string of the molecule is Fc1ccccc1NC(=S)Nc1nc(-c2ccccc2)cc(-c2cncc(Br)c2)n1. The number of pyridine rings is 1. The molecular formula is C22H15BrFN5S. The average Bonchev–Trinajstić information content (AvgIpc) is 2.76. The molecule has 2 heterocycles. The minimum absolute atomic E-state index is 0.184. The standard InChI is InChI=1S/C22H15BrFN5S/c23-16-10-15(12-25-13-16)20-11-19(14-6-2-1-3-7-14)26-21(27-20)29-22(30)28-18-9-5-4-8-17(18)24/h1-13H,(H2,26,27,28,29,30). The van der Waals surface area contributed by atoms with E-state index in [0.717, 1.165) is 21.3 Å². The predicted octanol–water partition coefficient (Wildman–Crippen LogP) is 5.92. The highest BCUT2D eigenvalue weighted by Gasteiger charge is 2.11. The highest BCUT2D eigenvalue weighted by atomic mass is 79.9. The van der Waals surface area contributed by atoms with Crippen LogP contribution >= 0.6 is 28.1 Å². The van der Waals surface area contributed by atoms with Crippen LogP contribution in [0.15, 0.2) is 83.6 Å². The molecule has 4 aromatic rings. The van der Waals surface area contributed by atoms with Gasteiger partial charge in [-0.15, -0.1) is 0 Å². The molecule has 0 radical (unpaired) electrons. The topological polar surface area (TPSA) is 62.7 Å². The molecule has 0 bridgehead atoms. The molecule has 0 spiro atoms. The summed E-state index contributed by atoms with van der Waals surface area (Å²) in [4.78, 5) is 13.4. The lowest BCUT2D eigenvalue weighted by molar-refractivity contribution is 0.632. The maximum atomic E-state index is 13.9. The first-order valence-corrected chi connectivity index (χ1v) is 10.2. The van der Waals surface area contributed by atoms with Crippen LogP contribution in [0, 0.1) is 5.82 Å². The molecule has 2 aromatic carbocycles. The van der Waals surface area contributed by atoms with Crippen molar-refractivity contribution in [1.82, 2.24) is 15.0 Å². The molecule has 0 unspecified atom stereocenters. The highest BCUT2D eigenvalue weighted by Crippen LogP contribution is 2.26. The normalized spacial score (nSPS) is 10.5. The van der Waals surface area contributed by atoms with E-state index < -0.39 is 5.82 Å². The molecule has 0 saturated heterocycles. The fourth-order valence-electron chi connectivity index (χ4n) is 2.78. The molecule has 30 heavy (non-hydrogen) atoms. The maximum Gasteiger partial charge on any atom is 0.230 e. The van der Waals surface area contributed by atoms with Gasteiger partial charge in [0, 0.05) is 28.0 Å². The van der Waals surface area contributed by atoms with Gasteiger partial charge in [0.05, 0.1) is 17.1 Å². The maximum absolute atomic E-state index is 13.9. The van der Waals surface area contributed by atoms with Gasteiger partial charge in [0.2, 0.25) is 5.95 Å². The van der Waals surface area contributed by atoms with Crippen molar-refractivity contribution < 1.29 is 4.39 Å². The molecule has 2 aromatic heterocycles.